The lowest BCUT2D eigenvalue weighted by atomic mass is 9.89. The molecule has 3 aliphatic heterocycles. The summed E-state index contributed by atoms with van der Waals surface area (Å²) in [5, 5.41) is 9.59. The molecule has 0 radical (unpaired) electrons. The summed E-state index contributed by atoms with van der Waals surface area (Å²) >= 11 is 0. The van der Waals surface area contributed by atoms with Crippen molar-refractivity contribution in [3.05, 3.63) is 0 Å². The molecule has 6 nitrogen and oxygen atoms in total. The van der Waals surface area contributed by atoms with Gasteiger partial charge in [-0.3, -0.25) is 0 Å². The number of rotatable bonds is 3. The highest BCUT2D eigenvalue weighted by Gasteiger charge is 2.33. The van der Waals surface area contributed by atoms with E-state index in [0.29, 0.717) is 38.8 Å². The summed E-state index contributed by atoms with van der Waals surface area (Å²) in [6.07, 6.45) is 3.64. The quantitative estimate of drug-likeness (QED) is 0.823. The second-order valence-electron chi connectivity index (χ2n) is 6.95. The molecule has 126 valence electrons. The van der Waals surface area contributed by atoms with E-state index in [-0.39, 0.29) is 18.6 Å². The van der Waals surface area contributed by atoms with E-state index in [1.165, 1.54) is 25.9 Å². The minimum atomic E-state index is 0.132. The number of morpholine rings is 1. The number of carbonyl (C=O) groups is 1. The Hall–Kier alpha value is -0.850. The summed E-state index contributed by atoms with van der Waals surface area (Å²) in [4.78, 5) is 19.1. The van der Waals surface area contributed by atoms with Crippen molar-refractivity contribution in [1.82, 2.24) is 14.7 Å². The zero-order valence-corrected chi connectivity index (χ0v) is 13.5. The van der Waals surface area contributed by atoms with Gasteiger partial charge in [0.25, 0.3) is 0 Å². The molecular formula is C16H29N3O3. The number of piperidine rings is 1. The van der Waals surface area contributed by atoms with Gasteiger partial charge in [0, 0.05) is 45.2 Å². The van der Waals surface area contributed by atoms with Gasteiger partial charge in [-0.1, -0.05) is 0 Å². The van der Waals surface area contributed by atoms with Gasteiger partial charge in [0.2, 0.25) is 0 Å². The molecule has 1 N–H and O–H groups in total. The average Bonchev–Trinajstić information content (AvgIpc) is 3.07. The Kier molecular flexibility index (Phi) is 5.55. The Labute approximate surface area is 133 Å². The highest BCUT2D eigenvalue weighted by atomic mass is 16.5. The number of hydrogen-bond acceptors (Lipinski definition) is 4. The Morgan fingerprint density at radius 2 is 1.68 bits per heavy atom. The first-order valence-corrected chi connectivity index (χ1v) is 8.71. The topological polar surface area (TPSA) is 56.3 Å². The Bertz CT molecular complexity index is 368. The normalized spacial score (nSPS) is 30.8. The summed E-state index contributed by atoms with van der Waals surface area (Å²) in [6.45, 7) is 7.83. The van der Waals surface area contributed by atoms with E-state index >= 15 is 0 Å². The molecule has 0 aromatic heterocycles. The van der Waals surface area contributed by atoms with Gasteiger partial charge in [0.15, 0.2) is 0 Å². The molecule has 3 heterocycles. The zero-order chi connectivity index (χ0) is 15.4. The Morgan fingerprint density at radius 3 is 2.36 bits per heavy atom. The van der Waals surface area contributed by atoms with Crippen LogP contribution in [0.2, 0.25) is 0 Å². The van der Waals surface area contributed by atoms with Crippen LogP contribution in [0.3, 0.4) is 0 Å². The molecule has 0 aromatic carbocycles. The van der Waals surface area contributed by atoms with Crippen LogP contribution in [0.5, 0.6) is 0 Å². The van der Waals surface area contributed by atoms with Gasteiger partial charge in [-0.15, -0.1) is 0 Å². The van der Waals surface area contributed by atoms with Gasteiger partial charge in [0.05, 0.1) is 13.2 Å². The van der Waals surface area contributed by atoms with Crippen molar-refractivity contribution in [3.8, 4) is 0 Å². The first-order chi connectivity index (χ1) is 10.8. The third kappa shape index (κ3) is 3.91. The van der Waals surface area contributed by atoms with E-state index in [4.69, 9.17) is 4.74 Å². The van der Waals surface area contributed by atoms with Crippen molar-refractivity contribution < 1.29 is 14.6 Å². The fourth-order valence-corrected chi connectivity index (χ4v) is 4.02. The van der Waals surface area contributed by atoms with Gasteiger partial charge in [-0.2, -0.15) is 0 Å². The van der Waals surface area contributed by atoms with E-state index in [0.717, 1.165) is 19.5 Å². The highest BCUT2D eigenvalue weighted by molar-refractivity contribution is 5.74. The van der Waals surface area contributed by atoms with E-state index < -0.39 is 0 Å². The van der Waals surface area contributed by atoms with Crippen molar-refractivity contribution in [1.29, 1.82) is 0 Å². The van der Waals surface area contributed by atoms with Crippen molar-refractivity contribution in [2.45, 2.75) is 19.3 Å². The lowest BCUT2D eigenvalue weighted by Crippen LogP contribution is -2.54. The number of aliphatic hydroxyl groups is 1. The summed E-state index contributed by atoms with van der Waals surface area (Å²) in [7, 11) is 0. The van der Waals surface area contributed by atoms with E-state index in [2.05, 4.69) is 4.90 Å². The first kappa shape index (κ1) is 16.0. The zero-order valence-electron chi connectivity index (χ0n) is 13.5. The fraction of sp³-hybridized carbons (Fsp3) is 0.938. The van der Waals surface area contributed by atoms with Crippen LogP contribution in [-0.4, -0.2) is 91.5 Å². The first-order valence-electron chi connectivity index (χ1n) is 8.71. The summed E-state index contributed by atoms with van der Waals surface area (Å²) in [5.74, 6) is 0.723. The van der Waals surface area contributed by atoms with E-state index in [1.54, 1.807) is 0 Å². The molecule has 2 amide bonds. The molecule has 6 heteroatoms. The second-order valence-corrected chi connectivity index (χ2v) is 6.95. The largest absolute Gasteiger partial charge is 0.396 e. The minimum Gasteiger partial charge on any atom is -0.396 e. The third-order valence-electron chi connectivity index (χ3n) is 5.15. The molecule has 0 unspecified atom stereocenters. The standard InChI is InChI=1S/C16H29N3O3/c20-13-15-9-14(10-17-3-1-2-4-17)11-19(12-15)16(21)18-5-7-22-8-6-18/h14-15,20H,1-13H2/t14-,15+/m0/s1. The molecule has 3 aliphatic rings. The van der Waals surface area contributed by atoms with E-state index in [9.17, 15) is 9.90 Å². The summed E-state index contributed by atoms with van der Waals surface area (Å²) in [5.41, 5.74) is 0. The number of urea groups is 1. The maximum atomic E-state index is 12.7. The van der Waals surface area contributed by atoms with Gasteiger partial charge in [-0.05, 0) is 38.3 Å². The molecule has 0 spiro atoms. The molecule has 0 aliphatic carbocycles. The highest BCUT2D eigenvalue weighted by Crippen LogP contribution is 2.25. The maximum Gasteiger partial charge on any atom is 0.320 e. The van der Waals surface area contributed by atoms with E-state index in [1.807, 2.05) is 9.80 Å². The smallest absolute Gasteiger partial charge is 0.320 e. The van der Waals surface area contributed by atoms with Crippen LogP contribution >= 0.6 is 0 Å². The van der Waals surface area contributed by atoms with Crippen LogP contribution in [0, 0.1) is 11.8 Å². The maximum absolute atomic E-state index is 12.7. The third-order valence-corrected chi connectivity index (χ3v) is 5.15. The lowest BCUT2D eigenvalue weighted by molar-refractivity contribution is 0.0287. The average molecular weight is 311 g/mol. The van der Waals surface area contributed by atoms with Crippen LogP contribution in [0.4, 0.5) is 4.79 Å². The molecule has 0 saturated carbocycles. The number of amides is 2. The number of likely N-dealkylation sites (tertiary alicyclic amines) is 2. The van der Waals surface area contributed by atoms with Crippen LogP contribution in [0.25, 0.3) is 0 Å². The van der Waals surface area contributed by atoms with Crippen LogP contribution in [-0.2, 0) is 4.74 Å². The molecule has 3 rings (SSSR count). The van der Waals surface area contributed by atoms with Crippen molar-refractivity contribution >= 4 is 6.03 Å². The van der Waals surface area contributed by atoms with Gasteiger partial charge < -0.3 is 24.5 Å². The molecule has 0 aromatic rings. The molecule has 2 atom stereocenters. The Morgan fingerprint density at radius 1 is 1.00 bits per heavy atom. The van der Waals surface area contributed by atoms with Crippen LogP contribution in [0.15, 0.2) is 0 Å². The number of nitrogens with zero attached hydrogens (tertiary/aromatic N) is 3. The van der Waals surface area contributed by atoms with Gasteiger partial charge in [-0.25, -0.2) is 4.79 Å². The predicted molar refractivity (Wildman–Crippen MR) is 83.7 cm³/mol. The van der Waals surface area contributed by atoms with Crippen LogP contribution < -0.4 is 0 Å². The second kappa shape index (κ2) is 7.62. The number of hydrogen-bond donors (Lipinski definition) is 1. The Balaban J connectivity index is 1.58. The monoisotopic (exact) mass is 311 g/mol. The molecule has 0 bridgehead atoms. The van der Waals surface area contributed by atoms with Crippen molar-refractivity contribution in [3.63, 3.8) is 0 Å². The SMILES string of the molecule is O=C(N1CCOCC1)N1C[C@H](CO)C[C@@H](CN2CCCC2)C1. The van der Waals surface area contributed by atoms with Crippen molar-refractivity contribution in [2.75, 3.05) is 65.6 Å². The molecule has 3 fully saturated rings. The summed E-state index contributed by atoms with van der Waals surface area (Å²) < 4.78 is 5.33. The van der Waals surface area contributed by atoms with Crippen molar-refractivity contribution in [2.24, 2.45) is 11.8 Å². The summed E-state index contributed by atoms with van der Waals surface area (Å²) in [6, 6.07) is 0.132. The van der Waals surface area contributed by atoms with Gasteiger partial charge in [0.1, 0.15) is 0 Å². The lowest BCUT2D eigenvalue weighted by Gasteiger charge is -2.41. The molecular weight excluding hydrogens is 282 g/mol. The van der Waals surface area contributed by atoms with Gasteiger partial charge >= 0.3 is 6.03 Å². The fourth-order valence-electron chi connectivity index (χ4n) is 4.02. The minimum absolute atomic E-state index is 0.132. The number of ether oxygens (including phenoxy) is 1. The number of carbonyl (C=O) groups excluding carboxylic acids is 1. The predicted octanol–water partition coefficient (Wildman–Crippen LogP) is 0.465. The molecule has 22 heavy (non-hydrogen) atoms. The number of aliphatic hydroxyl groups excluding tert-OH is 1. The molecule has 3 saturated heterocycles. The van der Waals surface area contributed by atoms with Crippen LogP contribution in [0.1, 0.15) is 19.3 Å².